The fourth-order valence-electron chi connectivity index (χ4n) is 1.77. The lowest BCUT2D eigenvalue weighted by Gasteiger charge is -2.08. The zero-order valence-electron chi connectivity index (χ0n) is 9.55. The topological polar surface area (TPSA) is 64.2 Å². The molecule has 0 aliphatic rings. The molecule has 92 valence electrons. The summed E-state index contributed by atoms with van der Waals surface area (Å²) in [5.74, 6) is -1.70. The first-order chi connectivity index (χ1) is 8.50. The molecule has 1 aromatic heterocycles. The lowest BCUT2D eigenvalue weighted by atomic mass is 10.0. The average Bonchev–Trinajstić information content (AvgIpc) is 2.30. The number of rotatable bonds is 2. The normalized spacial score (nSPS) is 10.3. The Morgan fingerprint density at radius 1 is 1.33 bits per heavy atom. The maximum atomic E-state index is 13.0. The van der Waals surface area contributed by atoms with E-state index in [1.807, 2.05) is 0 Å². The molecule has 0 saturated carbocycles. The molecule has 1 N–H and O–H groups in total. The Kier molecular flexibility index (Phi) is 2.97. The second kappa shape index (κ2) is 4.44. The first-order valence-corrected chi connectivity index (χ1v) is 5.23. The van der Waals surface area contributed by atoms with E-state index in [2.05, 4.69) is 0 Å². The number of carboxylic acid groups (broad SMARTS) is 1. The third-order valence-corrected chi connectivity index (χ3v) is 2.63. The molecule has 0 saturated heterocycles. The quantitative estimate of drug-likeness (QED) is 0.653. The monoisotopic (exact) mass is 247 g/mol. The molecule has 0 unspecified atom stereocenters. The highest BCUT2D eigenvalue weighted by Crippen LogP contribution is 2.21. The predicted octanol–water partition coefficient (Wildman–Crippen LogP) is 2.13. The molecule has 0 fully saturated rings. The number of aryl methyl sites for hydroxylation is 1. The summed E-state index contributed by atoms with van der Waals surface area (Å²) < 4.78 is 13.3. The van der Waals surface area contributed by atoms with Crippen molar-refractivity contribution in [3.63, 3.8) is 0 Å². The Morgan fingerprint density at radius 2 is 2.06 bits per heavy atom. The number of nitrogens with zero attached hydrogens (tertiary/aromatic N) is 1. The molecular weight excluding hydrogens is 237 g/mol. The van der Waals surface area contributed by atoms with E-state index < -0.39 is 11.8 Å². The van der Waals surface area contributed by atoms with Crippen LogP contribution in [0.4, 0.5) is 4.39 Å². The van der Waals surface area contributed by atoms with Crippen LogP contribution in [0.1, 0.15) is 16.1 Å². The fraction of sp³-hybridized carbons (Fsp3) is 0.0769. The van der Waals surface area contributed by atoms with Crippen molar-refractivity contribution < 1.29 is 19.0 Å². The van der Waals surface area contributed by atoms with E-state index in [1.54, 1.807) is 6.92 Å². The number of carboxylic acids is 1. The Bertz CT molecular complexity index is 626. The van der Waals surface area contributed by atoms with Crippen molar-refractivity contribution in [3.05, 3.63) is 58.7 Å². The SMILES string of the molecule is Cc1cc(F)ccc1-c1cccc(C(=O)O)[n+]1[O-]. The maximum Gasteiger partial charge on any atom is 0.402 e. The second-order valence-electron chi connectivity index (χ2n) is 3.86. The van der Waals surface area contributed by atoms with Gasteiger partial charge in [-0.15, -0.1) is 0 Å². The number of aromatic nitrogens is 1. The van der Waals surface area contributed by atoms with Crippen LogP contribution in [0.5, 0.6) is 0 Å². The zero-order chi connectivity index (χ0) is 13.3. The lowest BCUT2D eigenvalue weighted by Crippen LogP contribution is -2.36. The largest absolute Gasteiger partial charge is 0.618 e. The van der Waals surface area contributed by atoms with Gasteiger partial charge >= 0.3 is 11.7 Å². The zero-order valence-corrected chi connectivity index (χ0v) is 9.55. The molecule has 18 heavy (non-hydrogen) atoms. The molecule has 0 aliphatic carbocycles. The summed E-state index contributed by atoms with van der Waals surface area (Å²) in [6, 6.07) is 8.19. The smallest absolute Gasteiger partial charge is 0.402 e. The summed E-state index contributed by atoms with van der Waals surface area (Å²) >= 11 is 0. The molecule has 0 bridgehead atoms. The minimum atomic E-state index is -1.30. The van der Waals surface area contributed by atoms with Crippen molar-refractivity contribution in [3.8, 4) is 11.3 Å². The van der Waals surface area contributed by atoms with Gasteiger partial charge in [-0.2, -0.15) is 4.73 Å². The molecule has 0 atom stereocenters. The van der Waals surface area contributed by atoms with Crippen molar-refractivity contribution >= 4 is 5.97 Å². The predicted molar refractivity (Wildman–Crippen MR) is 62.5 cm³/mol. The highest BCUT2D eigenvalue weighted by atomic mass is 19.1. The van der Waals surface area contributed by atoms with E-state index >= 15 is 0 Å². The Balaban J connectivity index is 2.64. The third-order valence-electron chi connectivity index (χ3n) is 2.63. The van der Waals surface area contributed by atoms with Gasteiger partial charge in [-0.05, 0) is 36.8 Å². The van der Waals surface area contributed by atoms with E-state index in [4.69, 9.17) is 5.11 Å². The van der Waals surface area contributed by atoms with E-state index in [9.17, 15) is 14.4 Å². The second-order valence-corrected chi connectivity index (χ2v) is 3.86. The standard InChI is InChI=1S/C13H10FNO3/c1-8-7-9(14)5-6-10(8)11-3-2-4-12(13(16)17)15(11)18/h2-7H,1H3,(H,16,17). The molecule has 0 radical (unpaired) electrons. The third kappa shape index (κ3) is 2.02. The average molecular weight is 247 g/mol. The Morgan fingerprint density at radius 3 is 2.67 bits per heavy atom. The van der Waals surface area contributed by atoms with Gasteiger partial charge < -0.3 is 10.3 Å². The minimum Gasteiger partial charge on any atom is -0.618 e. The Labute approximate surface area is 103 Å². The van der Waals surface area contributed by atoms with Crippen LogP contribution in [-0.4, -0.2) is 11.1 Å². The van der Waals surface area contributed by atoms with Crippen LogP contribution in [0.2, 0.25) is 0 Å². The van der Waals surface area contributed by atoms with Gasteiger partial charge in [0.2, 0.25) is 5.69 Å². The van der Waals surface area contributed by atoms with E-state index in [-0.39, 0.29) is 11.4 Å². The van der Waals surface area contributed by atoms with Crippen LogP contribution in [0.15, 0.2) is 36.4 Å². The summed E-state index contributed by atoms with van der Waals surface area (Å²) in [6.07, 6.45) is 0. The Hall–Kier alpha value is -2.43. The number of benzene rings is 1. The van der Waals surface area contributed by atoms with Gasteiger partial charge in [0, 0.05) is 12.1 Å². The van der Waals surface area contributed by atoms with Crippen LogP contribution in [0.3, 0.4) is 0 Å². The number of halogens is 1. The van der Waals surface area contributed by atoms with Gasteiger partial charge in [0.1, 0.15) is 5.82 Å². The van der Waals surface area contributed by atoms with Gasteiger partial charge in [-0.1, -0.05) is 0 Å². The van der Waals surface area contributed by atoms with Crippen molar-refractivity contribution in [1.29, 1.82) is 0 Å². The molecule has 4 nitrogen and oxygen atoms in total. The number of pyridine rings is 1. The minimum absolute atomic E-state index is 0.187. The van der Waals surface area contributed by atoms with E-state index in [0.29, 0.717) is 15.9 Å². The maximum absolute atomic E-state index is 13.0. The first-order valence-electron chi connectivity index (χ1n) is 5.23. The van der Waals surface area contributed by atoms with Gasteiger partial charge in [0.05, 0.1) is 5.56 Å². The van der Waals surface area contributed by atoms with Gasteiger partial charge in [-0.3, -0.25) is 0 Å². The molecule has 5 heteroatoms. The van der Waals surface area contributed by atoms with Crippen LogP contribution in [-0.2, 0) is 0 Å². The lowest BCUT2D eigenvalue weighted by molar-refractivity contribution is -0.596. The van der Waals surface area contributed by atoms with Crippen molar-refractivity contribution in [1.82, 2.24) is 0 Å². The molecule has 0 spiro atoms. The van der Waals surface area contributed by atoms with Crippen molar-refractivity contribution in [2.45, 2.75) is 6.92 Å². The number of carbonyl (C=O) groups is 1. The molecule has 1 aromatic carbocycles. The first kappa shape index (κ1) is 12.0. The van der Waals surface area contributed by atoms with Crippen LogP contribution in [0.25, 0.3) is 11.3 Å². The molecule has 1 heterocycles. The molecule has 0 aliphatic heterocycles. The van der Waals surface area contributed by atoms with Crippen LogP contribution < -0.4 is 4.73 Å². The number of aromatic carboxylic acids is 1. The molecule has 2 rings (SSSR count). The summed E-state index contributed by atoms with van der Waals surface area (Å²) in [5, 5.41) is 20.8. The molecule has 0 amide bonds. The summed E-state index contributed by atoms with van der Waals surface area (Å²) in [6.45, 7) is 1.66. The van der Waals surface area contributed by atoms with Crippen molar-refractivity contribution in [2.75, 3.05) is 0 Å². The summed E-state index contributed by atoms with van der Waals surface area (Å²) in [5.41, 5.74) is 0.903. The van der Waals surface area contributed by atoms with Gasteiger partial charge in [0.15, 0.2) is 0 Å². The van der Waals surface area contributed by atoms with Crippen LogP contribution in [0, 0.1) is 17.9 Å². The fourth-order valence-corrected chi connectivity index (χ4v) is 1.77. The van der Waals surface area contributed by atoms with Crippen LogP contribution >= 0.6 is 0 Å². The highest BCUT2D eigenvalue weighted by molar-refractivity contribution is 5.84. The molecule has 2 aromatic rings. The van der Waals surface area contributed by atoms with E-state index in [1.165, 1.54) is 36.4 Å². The van der Waals surface area contributed by atoms with Gasteiger partial charge in [0.25, 0.3) is 0 Å². The molecular formula is C13H10FNO3. The number of hydrogen-bond acceptors (Lipinski definition) is 2. The van der Waals surface area contributed by atoms with Crippen molar-refractivity contribution in [2.24, 2.45) is 0 Å². The van der Waals surface area contributed by atoms with E-state index in [0.717, 1.165) is 0 Å². The highest BCUT2D eigenvalue weighted by Gasteiger charge is 2.19. The summed E-state index contributed by atoms with van der Waals surface area (Å²) in [4.78, 5) is 10.9. The summed E-state index contributed by atoms with van der Waals surface area (Å²) in [7, 11) is 0. The van der Waals surface area contributed by atoms with Gasteiger partial charge in [-0.25, -0.2) is 9.18 Å². The number of hydrogen-bond donors (Lipinski definition) is 1.